The third-order valence-electron chi connectivity index (χ3n) is 5.19. The largest absolute Gasteiger partial charge is 0.375 e. The van der Waals surface area contributed by atoms with Gasteiger partial charge in [-0.1, -0.05) is 13.8 Å². The molecule has 116 valence electrons. The maximum atomic E-state index is 11.8. The van der Waals surface area contributed by atoms with Gasteiger partial charge in [-0.25, -0.2) is 0 Å². The van der Waals surface area contributed by atoms with E-state index in [1.165, 1.54) is 19.3 Å². The maximum absolute atomic E-state index is 11.8. The topological polar surface area (TPSA) is 41.6 Å². The van der Waals surface area contributed by atoms with E-state index in [4.69, 9.17) is 4.74 Å². The number of piperidine rings is 1. The third kappa shape index (κ3) is 4.19. The summed E-state index contributed by atoms with van der Waals surface area (Å²) in [5.41, 5.74) is 0. The first-order valence-corrected chi connectivity index (χ1v) is 8.13. The summed E-state index contributed by atoms with van der Waals surface area (Å²) in [5.74, 6) is 1.84. The Balaban J connectivity index is 1.70. The summed E-state index contributed by atoms with van der Waals surface area (Å²) in [6.45, 7) is 6.72. The van der Waals surface area contributed by atoms with E-state index >= 15 is 0 Å². The third-order valence-corrected chi connectivity index (χ3v) is 5.19. The molecule has 1 saturated heterocycles. The van der Waals surface area contributed by atoms with Crippen molar-refractivity contribution in [2.45, 2.75) is 58.0 Å². The van der Waals surface area contributed by atoms with Crippen LogP contribution in [0, 0.1) is 11.8 Å². The highest BCUT2D eigenvalue weighted by atomic mass is 16.5. The highest BCUT2D eigenvalue weighted by Crippen LogP contribution is 2.30. The van der Waals surface area contributed by atoms with Crippen molar-refractivity contribution in [3.05, 3.63) is 0 Å². The van der Waals surface area contributed by atoms with Gasteiger partial charge in [-0.15, -0.1) is 0 Å². The first kappa shape index (κ1) is 15.8. The number of methoxy groups -OCH3 is 1. The smallest absolute Gasteiger partial charge is 0.248 e. The molecule has 3 atom stereocenters. The lowest BCUT2D eigenvalue weighted by molar-refractivity contribution is -0.136. The molecule has 3 unspecified atom stereocenters. The zero-order chi connectivity index (χ0) is 14.5. The molecule has 0 aromatic carbocycles. The summed E-state index contributed by atoms with van der Waals surface area (Å²) in [7, 11) is 1.58. The van der Waals surface area contributed by atoms with Gasteiger partial charge in [0.1, 0.15) is 6.61 Å². The molecule has 20 heavy (non-hydrogen) atoms. The second-order valence-electron chi connectivity index (χ2n) is 6.72. The van der Waals surface area contributed by atoms with Gasteiger partial charge in [-0.05, 0) is 43.9 Å². The van der Waals surface area contributed by atoms with E-state index in [1.807, 2.05) is 4.90 Å². The van der Waals surface area contributed by atoms with Gasteiger partial charge in [0.25, 0.3) is 0 Å². The molecule has 1 aliphatic carbocycles. The Morgan fingerprint density at radius 2 is 1.80 bits per heavy atom. The molecule has 2 rings (SSSR count). The maximum Gasteiger partial charge on any atom is 0.248 e. The van der Waals surface area contributed by atoms with Crippen LogP contribution in [0.5, 0.6) is 0 Å². The minimum absolute atomic E-state index is 0.131. The van der Waals surface area contributed by atoms with Crippen LogP contribution in [0.1, 0.15) is 46.0 Å². The summed E-state index contributed by atoms with van der Waals surface area (Å²) >= 11 is 0. The number of carbonyl (C=O) groups excluding carboxylic acids is 1. The van der Waals surface area contributed by atoms with Crippen LogP contribution < -0.4 is 5.32 Å². The van der Waals surface area contributed by atoms with E-state index in [9.17, 15) is 4.79 Å². The van der Waals surface area contributed by atoms with E-state index in [0.717, 1.165) is 37.8 Å². The second kappa shape index (κ2) is 7.41. The van der Waals surface area contributed by atoms with Crippen molar-refractivity contribution < 1.29 is 9.53 Å². The Labute approximate surface area is 123 Å². The number of hydrogen-bond donors (Lipinski definition) is 1. The first-order valence-electron chi connectivity index (χ1n) is 8.13. The fraction of sp³-hybridized carbons (Fsp3) is 0.938. The van der Waals surface area contributed by atoms with Gasteiger partial charge in [0, 0.05) is 32.3 Å². The standard InChI is InChI=1S/C16H30N2O2/c1-12-4-5-15(10-13(12)2)17-14-6-8-18(9-7-14)16(19)11-20-3/h12-15,17H,4-11H2,1-3H3. The van der Waals surface area contributed by atoms with E-state index < -0.39 is 0 Å². The SMILES string of the molecule is COCC(=O)N1CCC(NC2CCC(C)C(C)C2)CC1. The first-order chi connectivity index (χ1) is 9.60. The summed E-state index contributed by atoms with van der Waals surface area (Å²) < 4.78 is 4.92. The molecule has 4 nitrogen and oxygen atoms in total. The Morgan fingerprint density at radius 1 is 1.10 bits per heavy atom. The molecular weight excluding hydrogens is 252 g/mol. The van der Waals surface area contributed by atoms with Crippen LogP contribution in [-0.4, -0.2) is 49.7 Å². The summed E-state index contributed by atoms with van der Waals surface area (Å²) in [6.07, 6.45) is 6.13. The molecule has 1 amide bonds. The minimum atomic E-state index is 0.131. The van der Waals surface area contributed by atoms with Gasteiger partial charge in [-0.2, -0.15) is 0 Å². The van der Waals surface area contributed by atoms with Crippen molar-refractivity contribution >= 4 is 5.91 Å². The van der Waals surface area contributed by atoms with Crippen molar-refractivity contribution in [1.29, 1.82) is 0 Å². The van der Waals surface area contributed by atoms with Crippen LogP contribution in [0.4, 0.5) is 0 Å². The van der Waals surface area contributed by atoms with Crippen LogP contribution in [0.3, 0.4) is 0 Å². The lowest BCUT2D eigenvalue weighted by Gasteiger charge is -2.38. The molecule has 0 aromatic heterocycles. The molecule has 1 saturated carbocycles. The number of hydrogen-bond acceptors (Lipinski definition) is 3. The molecule has 4 heteroatoms. The van der Waals surface area contributed by atoms with Crippen LogP contribution in [-0.2, 0) is 9.53 Å². The van der Waals surface area contributed by atoms with Crippen LogP contribution in [0.15, 0.2) is 0 Å². The number of rotatable bonds is 4. The molecule has 0 spiro atoms. The quantitative estimate of drug-likeness (QED) is 0.858. The molecular formula is C16H30N2O2. The molecule has 0 radical (unpaired) electrons. The van der Waals surface area contributed by atoms with Gasteiger partial charge in [0.05, 0.1) is 0 Å². The Kier molecular flexibility index (Phi) is 5.85. The Morgan fingerprint density at radius 3 is 2.40 bits per heavy atom. The summed E-state index contributed by atoms with van der Waals surface area (Å²) in [5, 5.41) is 3.83. The Bertz CT molecular complexity index is 314. The van der Waals surface area contributed by atoms with Gasteiger partial charge >= 0.3 is 0 Å². The van der Waals surface area contributed by atoms with Crippen LogP contribution in [0.25, 0.3) is 0 Å². The number of likely N-dealkylation sites (tertiary alicyclic amines) is 1. The molecule has 0 bridgehead atoms. The molecule has 2 fully saturated rings. The molecule has 1 aliphatic heterocycles. The van der Waals surface area contributed by atoms with Crippen molar-refractivity contribution in [3.8, 4) is 0 Å². The molecule has 1 N–H and O–H groups in total. The minimum Gasteiger partial charge on any atom is -0.375 e. The fourth-order valence-corrected chi connectivity index (χ4v) is 3.54. The fourth-order valence-electron chi connectivity index (χ4n) is 3.54. The predicted octanol–water partition coefficient (Wildman–Crippen LogP) is 2.04. The van der Waals surface area contributed by atoms with E-state index in [0.29, 0.717) is 12.1 Å². The number of ether oxygens (including phenoxy) is 1. The van der Waals surface area contributed by atoms with Crippen molar-refractivity contribution in [1.82, 2.24) is 10.2 Å². The van der Waals surface area contributed by atoms with Crippen molar-refractivity contribution in [3.63, 3.8) is 0 Å². The van der Waals surface area contributed by atoms with Crippen LogP contribution in [0.2, 0.25) is 0 Å². The lowest BCUT2D eigenvalue weighted by atomic mass is 9.79. The number of amides is 1. The number of carbonyl (C=O) groups is 1. The highest BCUT2D eigenvalue weighted by Gasteiger charge is 2.28. The van der Waals surface area contributed by atoms with Crippen LogP contribution >= 0.6 is 0 Å². The highest BCUT2D eigenvalue weighted by molar-refractivity contribution is 5.77. The van der Waals surface area contributed by atoms with E-state index in [1.54, 1.807) is 7.11 Å². The number of nitrogens with one attached hydrogen (secondary N) is 1. The monoisotopic (exact) mass is 282 g/mol. The summed E-state index contributed by atoms with van der Waals surface area (Å²) in [6, 6.07) is 1.28. The summed E-state index contributed by atoms with van der Waals surface area (Å²) in [4.78, 5) is 13.7. The Hall–Kier alpha value is -0.610. The van der Waals surface area contributed by atoms with Gasteiger partial charge in [0.15, 0.2) is 0 Å². The molecule has 0 aromatic rings. The van der Waals surface area contributed by atoms with Gasteiger partial charge in [0.2, 0.25) is 5.91 Å². The van der Waals surface area contributed by atoms with E-state index in [2.05, 4.69) is 19.2 Å². The van der Waals surface area contributed by atoms with Gasteiger partial charge < -0.3 is 15.0 Å². The second-order valence-corrected chi connectivity index (χ2v) is 6.72. The van der Waals surface area contributed by atoms with E-state index in [-0.39, 0.29) is 12.5 Å². The van der Waals surface area contributed by atoms with Crippen molar-refractivity contribution in [2.24, 2.45) is 11.8 Å². The van der Waals surface area contributed by atoms with Gasteiger partial charge in [-0.3, -0.25) is 4.79 Å². The average molecular weight is 282 g/mol. The zero-order valence-electron chi connectivity index (χ0n) is 13.2. The zero-order valence-corrected chi connectivity index (χ0v) is 13.2. The van der Waals surface area contributed by atoms with Crippen molar-refractivity contribution in [2.75, 3.05) is 26.8 Å². The average Bonchev–Trinajstić information content (AvgIpc) is 2.44. The number of nitrogens with zero attached hydrogens (tertiary/aromatic N) is 1. The predicted molar refractivity (Wildman–Crippen MR) is 80.6 cm³/mol. The molecule has 1 heterocycles. The molecule has 2 aliphatic rings. The lowest BCUT2D eigenvalue weighted by Crippen LogP contribution is -2.49. The normalized spacial score (nSPS) is 32.4.